The normalized spacial score (nSPS) is 24.6. The summed E-state index contributed by atoms with van der Waals surface area (Å²) in [5, 5.41) is 6.48. The third kappa shape index (κ3) is 2.66. The molecule has 2 heterocycles. The van der Waals surface area contributed by atoms with Gasteiger partial charge in [-0.1, -0.05) is 20.8 Å². The van der Waals surface area contributed by atoms with Crippen LogP contribution < -0.4 is 10.6 Å². The van der Waals surface area contributed by atoms with Crippen molar-refractivity contribution < 1.29 is 4.79 Å². The molecule has 3 N–H and O–H groups in total. The van der Waals surface area contributed by atoms with Crippen LogP contribution in [0.15, 0.2) is 12.4 Å². The molecule has 5 heteroatoms. The van der Waals surface area contributed by atoms with Crippen molar-refractivity contribution in [2.24, 2.45) is 11.3 Å². The first-order valence-electron chi connectivity index (χ1n) is 7.11. The van der Waals surface area contributed by atoms with E-state index in [0.717, 1.165) is 31.8 Å². The highest BCUT2D eigenvalue weighted by Gasteiger charge is 2.44. The number of rotatable bonds is 5. The summed E-state index contributed by atoms with van der Waals surface area (Å²) in [7, 11) is 0. The summed E-state index contributed by atoms with van der Waals surface area (Å²) in [6.45, 7) is 8.00. The highest BCUT2D eigenvalue weighted by molar-refractivity contribution is 5.84. The quantitative estimate of drug-likeness (QED) is 0.757. The number of imidazole rings is 1. The first kappa shape index (κ1) is 14.1. The molecule has 0 aromatic carbocycles. The van der Waals surface area contributed by atoms with Gasteiger partial charge in [0.25, 0.3) is 0 Å². The Morgan fingerprint density at radius 2 is 2.37 bits per heavy atom. The standard InChI is InChI=1S/C14H24N4O/c1-4-11(12-16-7-8-17-12)18-13(19)14(10(2)3)5-6-15-9-14/h7-8,10-11,15H,4-6,9H2,1-3H3,(H,16,17)(H,18,19). The lowest BCUT2D eigenvalue weighted by Gasteiger charge is -2.32. The van der Waals surface area contributed by atoms with Crippen molar-refractivity contribution in [1.29, 1.82) is 0 Å². The fraction of sp³-hybridized carbons (Fsp3) is 0.714. The molecule has 1 aromatic rings. The maximum Gasteiger partial charge on any atom is 0.228 e. The maximum atomic E-state index is 12.7. The average Bonchev–Trinajstić information content (AvgIpc) is 3.06. The van der Waals surface area contributed by atoms with Crippen LogP contribution in [-0.2, 0) is 4.79 Å². The summed E-state index contributed by atoms with van der Waals surface area (Å²) in [5.41, 5.74) is -0.278. The van der Waals surface area contributed by atoms with E-state index in [-0.39, 0.29) is 17.4 Å². The molecule has 1 aliphatic rings. The van der Waals surface area contributed by atoms with Crippen molar-refractivity contribution in [2.45, 2.75) is 39.7 Å². The zero-order valence-corrected chi connectivity index (χ0v) is 12.0. The molecule has 2 unspecified atom stereocenters. The smallest absolute Gasteiger partial charge is 0.228 e. The van der Waals surface area contributed by atoms with E-state index in [1.165, 1.54) is 0 Å². The molecule has 5 nitrogen and oxygen atoms in total. The largest absolute Gasteiger partial charge is 0.347 e. The average molecular weight is 264 g/mol. The van der Waals surface area contributed by atoms with Gasteiger partial charge in [-0.15, -0.1) is 0 Å². The van der Waals surface area contributed by atoms with Crippen LogP contribution in [-0.4, -0.2) is 29.0 Å². The van der Waals surface area contributed by atoms with Crippen molar-refractivity contribution >= 4 is 5.91 Å². The summed E-state index contributed by atoms with van der Waals surface area (Å²) in [4.78, 5) is 20.0. The van der Waals surface area contributed by atoms with Crippen molar-refractivity contribution in [2.75, 3.05) is 13.1 Å². The molecule has 106 valence electrons. The van der Waals surface area contributed by atoms with Crippen molar-refractivity contribution in [3.8, 4) is 0 Å². The third-order valence-corrected chi connectivity index (χ3v) is 4.31. The molecular formula is C14H24N4O. The first-order valence-corrected chi connectivity index (χ1v) is 7.11. The Morgan fingerprint density at radius 1 is 1.58 bits per heavy atom. The van der Waals surface area contributed by atoms with E-state index in [2.05, 4.69) is 41.4 Å². The summed E-state index contributed by atoms with van der Waals surface area (Å²) in [6.07, 6.45) is 5.25. The minimum atomic E-state index is -0.278. The first-order chi connectivity index (χ1) is 9.10. The second-order valence-corrected chi connectivity index (χ2v) is 5.65. The fourth-order valence-electron chi connectivity index (χ4n) is 2.79. The lowest BCUT2D eigenvalue weighted by atomic mass is 9.75. The van der Waals surface area contributed by atoms with Gasteiger partial charge in [-0.25, -0.2) is 4.98 Å². The number of carbonyl (C=O) groups is 1. The van der Waals surface area contributed by atoms with Crippen LogP contribution in [0.25, 0.3) is 0 Å². The SMILES string of the molecule is CCC(NC(=O)C1(C(C)C)CCNC1)c1ncc[nH]1. The Bertz CT molecular complexity index is 407. The van der Waals surface area contributed by atoms with E-state index in [4.69, 9.17) is 0 Å². The van der Waals surface area contributed by atoms with Crippen LogP contribution in [0.1, 0.15) is 45.5 Å². The van der Waals surface area contributed by atoms with Crippen molar-refractivity contribution in [3.05, 3.63) is 18.2 Å². The molecular weight excluding hydrogens is 240 g/mol. The molecule has 2 rings (SSSR count). The van der Waals surface area contributed by atoms with Gasteiger partial charge >= 0.3 is 0 Å². The second kappa shape index (κ2) is 5.74. The monoisotopic (exact) mass is 264 g/mol. The van der Waals surface area contributed by atoms with Gasteiger partial charge in [0, 0.05) is 18.9 Å². The number of amides is 1. The van der Waals surface area contributed by atoms with Crippen LogP contribution in [0.5, 0.6) is 0 Å². The second-order valence-electron chi connectivity index (χ2n) is 5.65. The number of nitrogens with zero attached hydrogens (tertiary/aromatic N) is 1. The number of hydrogen-bond donors (Lipinski definition) is 3. The van der Waals surface area contributed by atoms with Crippen LogP contribution in [0.2, 0.25) is 0 Å². The van der Waals surface area contributed by atoms with Gasteiger partial charge < -0.3 is 15.6 Å². The molecule has 1 fully saturated rings. The Hall–Kier alpha value is -1.36. The zero-order valence-electron chi connectivity index (χ0n) is 12.0. The highest BCUT2D eigenvalue weighted by atomic mass is 16.2. The van der Waals surface area contributed by atoms with Crippen LogP contribution in [0.4, 0.5) is 0 Å². The molecule has 0 bridgehead atoms. The molecule has 1 saturated heterocycles. The summed E-state index contributed by atoms with van der Waals surface area (Å²) in [6, 6.07) is -0.0290. The predicted octanol–water partition coefficient (Wildman–Crippen LogP) is 1.61. The topological polar surface area (TPSA) is 69.8 Å². The maximum absolute atomic E-state index is 12.7. The van der Waals surface area contributed by atoms with Gasteiger partial charge in [-0.05, 0) is 25.3 Å². The van der Waals surface area contributed by atoms with E-state index in [1.54, 1.807) is 12.4 Å². The number of aromatic amines is 1. The van der Waals surface area contributed by atoms with Crippen molar-refractivity contribution in [3.63, 3.8) is 0 Å². The molecule has 1 amide bonds. The van der Waals surface area contributed by atoms with Gasteiger partial charge in [0.15, 0.2) is 0 Å². The molecule has 0 saturated carbocycles. The van der Waals surface area contributed by atoms with E-state index in [1.807, 2.05) is 0 Å². The lowest BCUT2D eigenvalue weighted by molar-refractivity contribution is -0.133. The van der Waals surface area contributed by atoms with Gasteiger partial charge in [-0.2, -0.15) is 0 Å². The summed E-state index contributed by atoms with van der Waals surface area (Å²) < 4.78 is 0. The Balaban J connectivity index is 2.10. The molecule has 0 aliphatic carbocycles. The van der Waals surface area contributed by atoms with Gasteiger partial charge in [0.05, 0.1) is 11.5 Å². The summed E-state index contributed by atoms with van der Waals surface area (Å²) in [5.74, 6) is 1.31. The zero-order chi connectivity index (χ0) is 13.9. The summed E-state index contributed by atoms with van der Waals surface area (Å²) >= 11 is 0. The number of hydrogen-bond acceptors (Lipinski definition) is 3. The number of H-pyrrole nitrogens is 1. The third-order valence-electron chi connectivity index (χ3n) is 4.31. The molecule has 1 aliphatic heterocycles. The minimum Gasteiger partial charge on any atom is -0.347 e. The van der Waals surface area contributed by atoms with Crippen molar-refractivity contribution in [1.82, 2.24) is 20.6 Å². The van der Waals surface area contributed by atoms with Crippen LogP contribution in [0, 0.1) is 11.3 Å². The van der Waals surface area contributed by atoms with Gasteiger partial charge in [0.2, 0.25) is 5.91 Å². The lowest BCUT2D eigenvalue weighted by Crippen LogP contribution is -2.47. The molecule has 1 aromatic heterocycles. The molecule has 0 radical (unpaired) electrons. The van der Waals surface area contributed by atoms with Gasteiger partial charge in [-0.3, -0.25) is 4.79 Å². The van der Waals surface area contributed by atoms with Crippen LogP contribution in [0.3, 0.4) is 0 Å². The molecule has 0 spiro atoms. The Labute approximate surface area is 114 Å². The predicted molar refractivity (Wildman–Crippen MR) is 74.5 cm³/mol. The number of carbonyl (C=O) groups excluding carboxylic acids is 1. The molecule has 19 heavy (non-hydrogen) atoms. The highest BCUT2D eigenvalue weighted by Crippen LogP contribution is 2.35. The number of aromatic nitrogens is 2. The Kier molecular flexibility index (Phi) is 4.24. The van der Waals surface area contributed by atoms with Gasteiger partial charge in [0.1, 0.15) is 5.82 Å². The Morgan fingerprint density at radius 3 is 2.84 bits per heavy atom. The van der Waals surface area contributed by atoms with Crippen LogP contribution >= 0.6 is 0 Å². The van der Waals surface area contributed by atoms with E-state index in [9.17, 15) is 4.79 Å². The fourth-order valence-corrected chi connectivity index (χ4v) is 2.79. The van der Waals surface area contributed by atoms with E-state index in [0.29, 0.717) is 5.92 Å². The van der Waals surface area contributed by atoms with E-state index < -0.39 is 0 Å². The van der Waals surface area contributed by atoms with E-state index >= 15 is 0 Å². The number of nitrogens with one attached hydrogen (secondary N) is 3. The minimum absolute atomic E-state index is 0.0290. The molecule has 2 atom stereocenters.